The number of nitrogens with zero attached hydrogens (tertiary/aromatic N) is 1. The molecule has 0 unspecified atom stereocenters. The van der Waals surface area contributed by atoms with Crippen molar-refractivity contribution in [2.75, 3.05) is 13.6 Å². The largest absolute Gasteiger partial charge is 0.507 e. The molecule has 1 rings (SSSR count). The van der Waals surface area contributed by atoms with Crippen molar-refractivity contribution < 1.29 is 14.7 Å². The minimum atomic E-state index is -0.233. The number of allylic oxidation sites excluding steroid dienone is 12. The van der Waals surface area contributed by atoms with Crippen LogP contribution in [-0.4, -0.2) is 35.3 Å². The number of para-hydroxylation sites is 1. The number of hydrogen-bond acceptors (Lipinski definition) is 3. The Bertz CT molecular complexity index is 950. The Balaban J connectivity index is 2.04. The summed E-state index contributed by atoms with van der Waals surface area (Å²) in [5, 5.41) is 9.81. The molecule has 0 aliphatic carbocycles. The van der Waals surface area contributed by atoms with Crippen LogP contribution in [0.15, 0.2) is 97.2 Å². The molecule has 1 N–H and O–H groups in total. The first-order valence-corrected chi connectivity index (χ1v) is 13.5. The van der Waals surface area contributed by atoms with E-state index in [9.17, 15) is 14.7 Å². The predicted octanol–water partition coefficient (Wildman–Crippen LogP) is 8.29. The topological polar surface area (TPSA) is 57.6 Å². The van der Waals surface area contributed by atoms with E-state index < -0.39 is 0 Å². The normalized spacial score (nSPS) is 12.4. The Morgan fingerprint density at radius 1 is 0.730 bits per heavy atom. The van der Waals surface area contributed by atoms with Crippen LogP contribution in [-0.2, 0) is 4.79 Å². The summed E-state index contributed by atoms with van der Waals surface area (Å²) in [7, 11) is 1.69. The maximum Gasteiger partial charge on any atom is 0.257 e. The molecule has 0 radical (unpaired) electrons. The molecule has 200 valence electrons. The summed E-state index contributed by atoms with van der Waals surface area (Å²) in [5.41, 5.74) is 0.286. The number of amides is 1. The molecule has 0 saturated carbocycles. The molecule has 0 aliphatic heterocycles. The average Bonchev–Trinajstić information content (AvgIpc) is 2.89. The smallest absolute Gasteiger partial charge is 0.257 e. The zero-order valence-electron chi connectivity index (χ0n) is 22.7. The lowest BCUT2D eigenvalue weighted by Crippen LogP contribution is -2.28. The molecule has 0 heterocycles. The van der Waals surface area contributed by atoms with Gasteiger partial charge in [-0.3, -0.25) is 9.59 Å². The molecule has 0 bridgehead atoms. The van der Waals surface area contributed by atoms with Crippen molar-refractivity contribution in [3.63, 3.8) is 0 Å². The predicted molar refractivity (Wildman–Crippen MR) is 157 cm³/mol. The van der Waals surface area contributed by atoms with E-state index in [2.05, 4.69) is 79.8 Å². The Labute approximate surface area is 224 Å². The third kappa shape index (κ3) is 16.8. The van der Waals surface area contributed by atoms with Crippen LogP contribution >= 0.6 is 0 Å². The fourth-order valence-electron chi connectivity index (χ4n) is 3.48. The monoisotopic (exact) mass is 503 g/mol. The fourth-order valence-corrected chi connectivity index (χ4v) is 3.48. The van der Waals surface area contributed by atoms with Crippen LogP contribution in [0.4, 0.5) is 0 Å². The molecule has 4 nitrogen and oxygen atoms in total. The molecular weight excluding hydrogens is 458 g/mol. The standard InChI is InChI=1S/C33H45NO3/c1-3-4-5-6-7-8-9-10-11-12-13-14-15-16-17-18-19-20-21-25-30(35)26-24-29-34(2)33(37)31-27-22-23-28-32(31)36/h4-5,7-8,10-11,13-14,16-17,19-20,22-23,27-28,36H,3,6,9,12,15,18,21,24-26,29H2,1-2H3/b5-4-,8-7-,11-10-,14-13-,17-16-,20-19-. The second-order valence-electron chi connectivity index (χ2n) is 8.84. The highest BCUT2D eigenvalue weighted by Crippen LogP contribution is 2.17. The number of Topliss-reactive ketones (excluding diaryl/α,β-unsaturated/α-hetero) is 1. The molecular formula is C33H45NO3. The van der Waals surface area contributed by atoms with Crippen molar-refractivity contribution in [2.24, 2.45) is 0 Å². The second-order valence-corrected chi connectivity index (χ2v) is 8.84. The zero-order valence-corrected chi connectivity index (χ0v) is 22.7. The van der Waals surface area contributed by atoms with Gasteiger partial charge < -0.3 is 10.0 Å². The van der Waals surface area contributed by atoms with E-state index in [1.165, 1.54) is 6.07 Å². The van der Waals surface area contributed by atoms with E-state index >= 15 is 0 Å². The number of aromatic hydroxyl groups is 1. The Hall–Kier alpha value is -3.40. The summed E-state index contributed by atoms with van der Waals surface area (Å²) in [6.45, 7) is 2.63. The fraction of sp³-hybridized carbons (Fsp3) is 0.394. The molecule has 4 heteroatoms. The number of phenolic OH excluding ortho intramolecular Hbond substituents is 1. The van der Waals surface area contributed by atoms with E-state index in [1.807, 2.05) is 0 Å². The van der Waals surface area contributed by atoms with Gasteiger partial charge in [-0.2, -0.15) is 0 Å². The quantitative estimate of drug-likeness (QED) is 0.193. The first-order chi connectivity index (χ1) is 18.1. The summed E-state index contributed by atoms with van der Waals surface area (Å²) in [6, 6.07) is 6.51. The molecule has 1 aromatic carbocycles. The van der Waals surface area contributed by atoms with E-state index in [4.69, 9.17) is 0 Å². The van der Waals surface area contributed by atoms with Gasteiger partial charge in [-0.15, -0.1) is 0 Å². The molecule has 1 aromatic rings. The van der Waals surface area contributed by atoms with Crippen LogP contribution in [0.5, 0.6) is 5.75 Å². The maximum atomic E-state index is 12.4. The van der Waals surface area contributed by atoms with E-state index in [1.54, 1.807) is 30.1 Å². The summed E-state index contributed by atoms with van der Waals surface area (Å²) in [6.07, 6.45) is 34.3. The number of carbonyl (C=O) groups excluding carboxylic acids is 2. The van der Waals surface area contributed by atoms with Gasteiger partial charge in [0.2, 0.25) is 0 Å². The number of phenols is 1. The average molecular weight is 504 g/mol. The third-order valence-electron chi connectivity index (χ3n) is 5.62. The minimum absolute atomic E-state index is 0.0215. The van der Waals surface area contributed by atoms with Gasteiger partial charge in [0.15, 0.2) is 0 Å². The zero-order chi connectivity index (χ0) is 27.0. The lowest BCUT2D eigenvalue weighted by molar-refractivity contribution is -0.119. The number of carbonyl (C=O) groups is 2. The lowest BCUT2D eigenvalue weighted by atomic mass is 10.1. The Morgan fingerprint density at radius 2 is 1.22 bits per heavy atom. The van der Waals surface area contributed by atoms with E-state index in [0.29, 0.717) is 25.8 Å². The molecule has 0 aliphatic rings. The molecule has 0 aromatic heterocycles. The van der Waals surface area contributed by atoms with Crippen LogP contribution in [0.3, 0.4) is 0 Å². The van der Waals surface area contributed by atoms with Gasteiger partial charge in [0.25, 0.3) is 5.91 Å². The van der Waals surface area contributed by atoms with Gasteiger partial charge in [-0.1, -0.05) is 92.0 Å². The van der Waals surface area contributed by atoms with Gasteiger partial charge in [-0.05, 0) is 63.5 Å². The minimum Gasteiger partial charge on any atom is -0.507 e. The van der Waals surface area contributed by atoms with Crippen molar-refractivity contribution in [1.82, 2.24) is 4.90 Å². The molecule has 0 spiro atoms. The van der Waals surface area contributed by atoms with Gasteiger partial charge in [0.05, 0.1) is 5.56 Å². The van der Waals surface area contributed by atoms with Crippen molar-refractivity contribution >= 4 is 11.7 Å². The lowest BCUT2D eigenvalue weighted by Gasteiger charge is -2.17. The van der Waals surface area contributed by atoms with Crippen molar-refractivity contribution in [1.29, 1.82) is 0 Å². The molecule has 1 amide bonds. The molecule has 37 heavy (non-hydrogen) atoms. The highest BCUT2D eigenvalue weighted by atomic mass is 16.3. The highest BCUT2D eigenvalue weighted by Gasteiger charge is 2.15. The van der Waals surface area contributed by atoms with Crippen molar-refractivity contribution in [3.8, 4) is 5.75 Å². The van der Waals surface area contributed by atoms with Crippen LogP contribution in [0.2, 0.25) is 0 Å². The van der Waals surface area contributed by atoms with Crippen LogP contribution in [0, 0.1) is 0 Å². The summed E-state index contributed by atoms with van der Waals surface area (Å²) in [5.74, 6) is -0.0433. The van der Waals surface area contributed by atoms with Crippen molar-refractivity contribution in [2.45, 2.75) is 71.1 Å². The van der Waals surface area contributed by atoms with Gasteiger partial charge in [0.1, 0.15) is 11.5 Å². The first-order valence-electron chi connectivity index (χ1n) is 13.5. The maximum absolute atomic E-state index is 12.4. The van der Waals surface area contributed by atoms with Gasteiger partial charge >= 0.3 is 0 Å². The van der Waals surface area contributed by atoms with Gasteiger partial charge in [-0.25, -0.2) is 0 Å². The molecule has 0 saturated heterocycles. The SMILES string of the molecule is CC/C=C\C/C=C\C/C=C\C/C=C\C/C=C\C/C=C\CCC(=O)CCCN(C)C(=O)c1ccccc1O. The summed E-state index contributed by atoms with van der Waals surface area (Å²) in [4.78, 5) is 26.0. The number of rotatable bonds is 19. The van der Waals surface area contributed by atoms with E-state index in [-0.39, 0.29) is 23.0 Å². The van der Waals surface area contributed by atoms with E-state index in [0.717, 1.165) is 44.9 Å². The Kier molecular flexibility index (Phi) is 18.7. The number of ketones is 1. The third-order valence-corrected chi connectivity index (χ3v) is 5.62. The van der Waals surface area contributed by atoms with Gasteiger partial charge in [0, 0.05) is 26.4 Å². The van der Waals surface area contributed by atoms with Crippen LogP contribution < -0.4 is 0 Å². The summed E-state index contributed by atoms with van der Waals surface area (Å²) < 4.78 is 0. The highest BCUT2D eigenvalue weighted by molar-refractivity contribution is 5.96. The first kappa shape index (κ1) is 31.6. The number of hydrogen-bond donors (Lipinski definition) is 1. The number of benzene rings is 1. The molecule has 0 fully saturated rings. The Morgan fingerprint density at radius 3 is 1.73 bits per heavy atom. The van der Waals surface area contributed by atoms with Crippen LogP contribution in [0.1, 0.15) is 81.5 Å². The van der Waals surface area contributed by atoms with Crippen molar-refractivity contribution in [3.05, 3.63) is 103 Å². The molecule has 0 atom stereocenters. The second kappa shape index (κ2) is 21.8. The summed E-state index contributed by atoms with van der Waals surface area (Å²) >= 11 is 0. The van der Waals surface area contributed by atoms with Crippen LogP contribution in [0.25, 0.3) is 0 Å².